The molecule has 3 aromatic rings. The van der Waals surface area contributed by atoms with Crippen molar-refractivity contribution < 1.29 is 53.3 Å². The first-order chi connectivity index (χ1) is 26.6. The molecule has 1 saturated heterocycles. The Morgan fingerprint density at radius 2 is 1.29 bits per heavy atom. The van der Waals surface area contributed by atoms with Crippen LogP contribution in [0.3, 0.4) is 0 Å². The lowest BCUT2D eigenvalue weighted by molar-refractivity contribution is -0.277. The van der Waals surface area contributed by atoms with Crippen LogP contribution in [0.2, 0.25) is 0 Å². The van der Waals surface area contributed by atoms with E-state index in [2.05, 4.69) is 20.8 Å². The van der Waals surface area contributed by atoms with Gasteiger partial charge in [0.05, 0.1) is 33.0 Å². The Labute approximate surface area is 325 Å². The average molecular weight is 773 g/mol. The molecule has 0 bridgehead atoms. The monoisotopic (exact) mass is 772 g/mol. The molecule has 0 aliphatic carbocycles. The van der Waals surface area contributed by atoms with Crippen LogP contribution in [0.15, 0.2) is 39.5 Å². The third-order valence-corrected chi connectivity index (χ3v) is 9.53. The van der Waals surface area contributed by atoms with Gasteiger partial charge in [-0.2, -0.15) is 0 Å². The summed E-state index contributed by atoms with van der Waals surface area (Å²) in [7, 11) is 0. The molecular formula is C43H64O12. The van der Waals surface area contributed by atoms with Crippen molar-refractivity contribution >= 4 is 11.0 Å². The van der Waals surface area contributed by atoms with Crippen molar-refractivity contribution in [3.8, 4) is 40.1 Å². The second-order valence-electron chi connectivity index (χ2n) is 14.8. The second-order valence-corrected chi connectivity index (χ2v) is 14.8. The zero-order valence-corrected chi connectivity index (χ0v) is 33.4. The molecule has 12 heteroatoms. The molecule has 12 nitrogen and oxygen atoms in total. The summed E-state index contributed by atoms with van der Waals surface area (Å²) in [5, 5.41) is 41.3. The van der Waals surface area contributed by atoms with Crippen molar-refractivity contribution in [2.75, 3.05) is 33.0 Å². The first-order valence-corrected chi connectivity index (χ1v) is 20.4. The number of ether oxygens (including phenoxy) is 6. The molecule has 3 unspecified atom stereocenters. The van der Waals surface area contributed by atoms with E-state index in [4.69, 9.17) is 32.8 Å². The van der Waals surface area contributed by atoms with Gasteiger partial charge in [-0.1, -0.05) is 92.4 Å². The van der Waals surface area contributed by atoms with E-state index in [-0.39, 0.29) is 46.5 Å². The van der Waals surface area contributed by atoms with Crippen LogP contribution in [-0.2, 0) is 4.74 Å². The fraction of sp³-hybridized carbons (Fsp3) is 0.651. The summed E-state index contributed by atoms with van der Waals surface area (Å²) in [6.45, 7) is 11.5. The number of benzene rings is 2. The Kier molecular flexibility index (Phi) is 18.4. The molecule has 0 amide bonds. The van der Waals surface area contributed by atoms with Crippen LogP contribution < -0.4 is 29.1 Å². The number of aliphatic hydroxyl groups excluding tert-OH is 4. The van der Waals surface area contributed by atoms with Crippen LogP contribution in [0.25, 0.3) is 22.3 Å². The molecular weight excluding hydrogens is 708 g/mol. The van der Waals surface area contributed by atoms with Gasteiger partial charge >= 0.3 is 0 Å². The van der Waals surface area contributed by atoms with E-state index in [9.17, 15) is 25.2 Å². The number of fused-ring (bicyclic) bond motifs is 1. The molecule has 2 aromatic carbocycles. The Hall–Kier alpha value is -3.55. The molecule has 308 valence electrons. The molecule has 0 saturated carbocycles. The maximum atomic E-state index is 14.5. The highest BCUT2D eigenvalue weighted by Crippen LogP contribution is 2.40. The normalized spacial score (nSPS) is 19.9. The molecule has 4 N–H and O–H groups in total. The minimum Gasteiger partial charge on any atom is -0.493 e. The van der Waals surface area contributed by atoms with Crippen LogP contribution >= 0.6 is 0 Å². The Bertz CT molecular complexity index is 1640. The predicted octanol–water partition coefficient (Wildman–Crippen LogP) is 7.55. The zero-order valence-electron chi connectivity index (χ0n) is 33.4. The van der Waals surface area contributed by atoms with E-state index >= 15 is 0 Å². The Morgan fingerprint density at radius 1 is 0.691 bits per heavy atom. The molecule has 4 rings (SSSR count). The summed E-state index contributed by atoms with van der Waals surface area (Å²) in [6.07, 6.45) is 4.76. The van der Waals surface area contributed by atoms with Gasteiger partial charge in [0.2, 0.25) is 17.5 Å². The first kappa shape index (κ1) is 44.2. The van der Waals surface area contributed by atoms with Crippen molar-refractivity contribution in [1.82, 2.24) is 0 Å². The molecule has 2 heterocycles. The number of hydrogen-bond donors (Lipinski definition) is 4. The number of unbranched alkanes of at least 4 members (excludes halogenated alkanes) is 9. The minimum atomic E-state index is -1.64. The Balaban J connectivity index is 1.82. The largest absolute Gasteiger partial charge is 0.493 e. The predicted molar refractivity (Wildman–Crippen MR) is 212 cm³/mol. The number of aliphatic hydroxyl groups is 4. The molecule has 0 radical (unpaired) electrons. The summed E-state index contributed by atoms with van der Waals surface area (Å²) in [4.78, 5) is 14.5. The van der Waals surface area contributed by atoms with Gasteiger partial charge in [0.1, 0.15) is 46.9 Å². The Morgan fingerprint density at radius 3 is 1.87 bits per heavy atom. The summed E-state index contributed by atoms with van der Waals surface area (Å²) < 4.78 is 43.1. The lowest BCUT2D eigenvalue weighted by atomic mass is 9.99. The van der Waals surface area contributed by atoms with E-state index in [1.807, 2.05) is 32.0 Å². The third-order valence-electron chi connectivity index (χ3n) is 9.53. The SMILES string of the molecule is CCCCCCOc1ccc(-c2oc3cc(O[C@@H]4OC(CO)[C@@H](O)C(O)C4O)cc(OCCCCCC)c3c(=O)c2OCC(C)C)cc1OCCCCCC. The minimum absolute atomic E-state index is 0.0294. The third kappa shape index (κ3) is 12.5. The highest BCUT2D eigenvalue weighted by Gasteiger charge is 2.45. The number of hydrogen-bond acceptors (Lipinski definition) is 12. The summed E-state index contributed by atoms with van der Waals surface area (Å²) in [5.41, 5.74) is 0.237. The maximum Gasteiger partial charge on any atom is 0.239 e. The van der Waals surface area contributed by atoms with Gasteiger partial charge in [0.15, 0.2) is 17.3 Å². The fourth-order valence-electron chi connectivity index (χ4n) is 6.31. The van der Waals surface area contributed by atoms with Gasteiger partial charge in [-0.05, 0) is 43.4 Å². The highest BCUT2D eigenvalue weighted by molar-refractivity contribution is 5.89. The fourth-order valence-corrected chi connectivity index (χ4v) is 6.31. The van der Waals surface area contributed by atoms with Crippen molar-refractivity contribution in [3.05, 3.63) is 40.6 Å². The lowest BCUT2D eigenvalue weighted by Crippen LogP contribution is -2.60. The molecule has 1 aromatic heterocycles. The topological polar surface area (TPSA) is 167 Å². The van der Waals surface area contributed by atoms with E-state index < -0.39 is 42.7 Å². The summed E-state index contributed by atoms with van der Waals surface area (Å²) >= 11 is 0. The number of rotatable bonds is 25. The molecule has 5 atom stereocenters. The van der Waals surface area contributed by atoms with Crippen molar-refractivity contribution in [1.29, 1.82) is 0 Å². The summed E-state index contributed by atoms with van der Waals surface area (Å²) in [5.74, 6) is 1.76. The molecule has 1 aliphatic rings. The van der Waals surface area contributed by atoms with Crippen LogP contribution in [0.4, 0.5) is 0 Å². The smallest absolute Gasteiger partial charge is 0.239 e. The molecule has 0 spiro atoms. The van der Waals surface area contributed by atoms with Gasteiger partial charge in [-0.15, -0.1) is 0 Å². The van der Waals surface area contributed by atoms with Gasteiger partial charge < -0.3 is 53.3 Å². The van der Waals surface area contributed by atoms with Crippen LogP contribution in [-0.4, -0.2) is 84.2 Å². The van der Waals surface area contributed by atoms with Gasteiger partial charge in [-0.25, -0.2) is 0 Å². The standard InChI is InChI=1S/C43H64O12/c1-6-9-12-15-20-49-31-19-18-29(23-32(31)50-21-16-13-10-7-2)41-42(52-27-28(4)5)38(46)36-33(51-22-17-14-11-8-3)24-30(25-34(36)54-41)53-43-40(48)39(47)37(45)35(26-44)55-43/h18-19,23-25,28,35,37,39-40,43-45,47-48H,6-17,20-22,26-27H2,1-5H3/t35?,37-,39?,40?,43-/m1/s1. The van der Waals surface area contributed by atoms with Crippen molar-refractivity contribution in [2.45, 2.75) is 142 Å². The molecule has 1 fully saturated rings. The van der Waals surface area contributed by atoms with E-state index in [1.54, 1.807) is 0 Å². The van der Waals surface area contributed by atoms with E-state index in [0.29, 0.717) is 36.9 Å². The quantitative estimate of drug-likeness (QED) is 0.0626. The zero-order chi connectivity index (χ0) is 39.7. The van der Waals surface area contributed by atoms with E-state index in [0.717, 1.165) is 77.0 Å². The van der Waals surface area contributed by atoms with Gasteiger partial charge in [0.25, 0.3) is 0 Å². The van der Waals surface area contributed by atoms with Crippen LogP contribution in [0.1, 0.15) is 112 Å². The maximum absolute atomic E-state index is 14.5. The highest BCUT2D eigenvalue weighted by atomic mass is 16.7. The van der Waals surface area contributed by atoms with Crippen molar-refractivity contribution in [2.24, 2.45) is 5.92 Å². The molecule has 55 heavy (non-hydrogen) atoms. The average Bonchev–Trinajstić information content (AvgIpc) is 3.17. The molecule has 1 aliphatic heterocycles. The van der Waals surface area contributed by atoms with Gasteiger partial charge in [-0.3, -0.25) is 4.79 Å². The van der Waals surface area contributed by atoms with Crippen LogP contribution in [0, 0.1) is 5.92 Å². The van der Waals surface area contributed by atoms with Crippen molar-refractivity contribution in [3.63, 3.8) is 0 Å². The van der Waals surface area contributed by atoms with Crippen LogP contribution in [0.5, 0.6) is 28.7 Å². The summed E-state index contributed by atoms with van der Waals surface area (Å²) in [6, 6.07) is 8.45. The lowest BCUT2D eigenvalue weighted by Gasteiger charge is -2.39. The van der Waals surface area contributed by atoms with Gasteiger partial charge in [0, 0.05) is 17.7 Å². The van der Waals surface area contributed by atoms with E-state index in [1.165, 1.54) is 12.1 Å². The second kappa shape index (κ2) is 22.9. The first-order valence-electron chi connectivity index (χ1n) is 20.4.